The molecule has 0 spiro atoms. The fourth-order valence-corrected chi connectivity index (χ4v) is 2.73. The minimum atomic E-state index is -4.11. The average Bonchev–Trinajstić information content (AvgIpc) is 2.26. The first-order valence-electron chi connectivity index (χ1n) is 5.43. The zero-order valence-corrected chi connectivity index (χ0v) is 11.7. The summed E-state index contributed by atoms with van der Waals surface area (Å²) in [4.78, 5) is 12.3. The molecule has 1 aromatic carbocycles. The second-order valence-electron chi connectivity index (χ2n) is 4.27. The zero-order chi connectivity index (χ0) is 14.8. The molecule has 0 saturated carbocycles. The van der Waals surface area contributed by atoms with Crippen molar-refractivity contribution in [2.45, 2.75) is 17.9 Å². The van der Waals surface area contributed by atoms with Gasteiger partial charge in [-0.2, -0.15) is 4.72 Å². The number of halogens is 1. The van der Waals surface area contributed by atoms with Crippen molar-refractivity contribution in [1.29, 1.82) is 0 Å². The normalized spacial score (nSPS) is 13.1. The Morgan fingerprint density at radius 1 is 1.42 bits per heavy atom. The van der Waals surface area contributed by atoms with E-state index in [9.17, 15) is 17.6 Å². The van der Waals surface area contributed by atoms with Gasteiger partial charge >= 0.3 is 0 Å². The molecule has 0 heterocycles. The van der Waals surface area contributed by atoms with Crippen molar-refractivity contribution < 1.29 is 17.6 Å². The molecule has 6 nitrogen and oxygen atoms in total. The fraction of sp³-hybridized carbons (Fsp3) is 0.364. The van der Waals surface area contributed by atoms with Gasteiger partial charge in [-0.1, -0.05) is 0 Å². The Balaban J connectivity index is 3.02. The molecule has 3 N–H and O–H groups in total. The summed E-state index contributed by atoms with van der Waals surface area (Å²) in [5.74, 6) is -1.39. The Morgan fingerprint density at radius 2 is 2.00 bits per heavy atom. The van der Waals surface area contributed by atoms with E-state index in [1.807, 2.05) is 0 Å². The topological polar surface area (TPSA) is 92.5 Å². The number of nitrogens with one attached hydrogen (secondary N) is 1. The van der Waals surface area contributed by atoms with Crippen LogP contribution in [0.15, 0.2) is 23.1 Å². The summed E-state index contributed by atoms with van der Waals surface area (Å²) in [5, 5.41) is 0. The number of nitrogens with zero attached hydrogens (tertiary/aromatic N) is 1. The van der Waals surface area contributed by atoms with Gasteiger partial charge in [0.15, 0.2) is 0 Å². The van der Waals surface area contributed by atoms with E-state index >= 15 is 0 Å². The first-order valence-corrected chi connectivity index (χ1v) is 6.92. The summed E-state index contributed by atoms with van der Waals surface area (Å²) in [6.07, 6.45) is 0. The van der Waals surface area contributed by atoms with Gasteiger partial charge in [-0.25, -0.2) is 12.8 Å². The molecule has 1 amide bonds. The van der Waals surface area contributed by atoms with Crippen molar-refractivity contribution in [3.05, 3.63) is 24.0 Å². The molecule has 1 rings (SSSR count). The molecule has 0 aliphatic rings. The maximum absolute atomic E-state index is 13.6. The molecule has 106 valence electrons. The van der Waals surface area contributed by atoms with Crippen molar-refractivity contribution in [2.75, 3.05) is 19.8 Å². The maximum Gasteiger partial charge on any atom is 0.244 e. The van der Waals surface area contributed by atoms with Crippen LogP contribution >= 0.6 is 0 Å². The molecular weight excluding hydrogens is 273 g/mol. The van der Waals surface area contributed by atoms with Gasteiger partial charge in [-0.3, -0.25) is 4.79 Å². The van der Waals surface area contributed by atoms with Crippen LogP contribution in [0.5, 0.6) is 0 Å². The minimum Gasteiger partial charge on any atom is -0.399 e. The molecule has 8 heteroatoms. The van der Waals surface area contributed by atoms with Crippen molar-refractivity contribution in [1.82, 2.24) is 9.62 Å². The highest BCUT2D eigenvalue weighted by molar-refractivity contribution is 7.89. The lowest BCUT2D eigenvalue weighted by molar-refractivity contribution is -0.130. The predicted molar refractivity (Wildman–Crippen MR) is 69.3 cm³/mol. The summed E-state index contributed by atoms with van der Waals surface area (Å²) >= 11 is 0. The Morgan fingerprint density at radius 3 is 2.47 bits per heavy atom. The fourth-order valence-electron chi connectivity index (χ4n) is 1.47. The monoisotopic (exact) mass is 289 g/mol. The second-order valence-corrected chi connectivity index (χ2v) is 5.95. The van der Waals surface area contributed by atoms with E-state index in [-0.39, 0.29) is 5.69 Å². The number of rotatable bonds is 4. The lowest BCUT2D eigenvalue weighted by Crippen LogP contribution is -2.44. The number of anilines is 1. The Hall–Kier alpha value is -1.67. The number of sulfonamides is 1. The van der Waals surface area contributed by atoms with Crippen LogP contribution in [0.4, 0.5) is 10.1 Å². The molecule has 19 heavy (non-hydrogen) atoms. The summed E-state index contributed by atoms with van der Waals surface area (Å²) in [5.41, 5.74) is 5.46. The van der Waals surface area contributed by atoms with Crippen LogP contribution in [-0.4, -0.2) is 39.4 Å². The molecule has 0 aliphatic heterocycles. The van der Waals surface area contributed by atoms with Crippen molar-refractivity contribution in [3.8, 4) is 0 Å². The Bertz CT molecular complexity index is 587. The SMILES string of the molecule is CC(NS(=O)(=O)c1ccc(N)cc1F)C(=O)N(C)C. The number of amides is 1. The minimum absolute atomic E-state index is 0.119. The first kappa shape index (κ1) is 15.4. The van der Waals surface area contributed by atoms with Gasteiger partial charge < -0.3 is 10.6 Å². The number of nitrogens with two attached hydrogens (primary N) is 1. The van der Waals surface area contributed by atoms with Crippen LogP contribution in [0.1, 0.15) is 6.92 Å². The lowest BCUT2D eigenvalue weighted by Gasteiger charge is -2.18. The molecule has 0 saturated heterocycles. The number of hydrogen-bond donors (Lipinski definition) is 2. The van der Waals surface area contributed by atoms with Gasteiger partial charge in [0.25, 0.3) is 0 Å². The van der Waals surface area contributed by atoms with Crippen LogP contribution in [0.2, 0.25) is 0 Å². The summed E-state index contributed by atoms with van der Waals surface area (Å²) in [6, 6.07) is 2.25. The summed E-state index contributed by atoms with van der Waals surface area (Å²) in [7, 11) is -1.12. The van der Waals surface area contributed by atoms with E-state index in [1.54, 1.807) is 0 Å². The van der Waals surface area contributed by atoms with E-state index in [1.165, 1.54) is 32.0 Å². The van der Waals surface area contributed by atoms with Crippen LogP contribution in [0.3, 0.4) is 0 Å². The molecular formula is C11H16FN3O3S. The number of carbonyl (C=O) groups excluding carboxylic acids is 1. The molecule has 0 aliphatic carbocycles. The average molecular weight is 289 g/mol. The van der Waals surface area contributed by atoms with E-state index in [0.717, 1.165) is 12.1 Å². The summed E-state index contributed by atoms with van der Waals surface area (Å²) < 4.78 is 39.6. The standard InChI is InChI=1S/C11H16FN3O3S/c1-7(11(16)15(2)3)14-19(17,18)10-5-4-8(13)6-9(10)12/h4-7,14H,13H2,1-3H3. The Labute approximate surface area is 111 Å². The molecule has 0 bridgehead atoms. The second kappa shape index (κ2) is 5.54. The van der Waals surface area contributed by atoms with E-state index in [0.29, 0.717) is 0 Å². The molecule has 1 atom stereocenters. The maximum atomic E-state index is 13.6. The Kier molecular flexibility index (Phi) is 4.48. The van der Waals surface area contributed by atoms with Crippen molar-refractivity contribution >= 4 is 21.6 Å². The largest absolute Gasteiger partial charge is 0.399 e. The number of benzene rings is 1. The quantitative estimate of drug-likeness (QED) is 0.772. The molecule has 0 radical (unpaired) electrons. The van der Waals surface area contributed by atoms with E-state index in [2.05, 4.69) is 4.72 Å². The van der Waals surface area contributed by atoms with Gasteiger partial charge in [0.1, 0.15) is 10.7 Å². The number of hydrogen-bond acceptors (Lipinski definition) is 4. The van der Waals surface area contributed by atoms with Gasteiger partial charge in [-0.05, 0) is 25.1 Å². The number of nitrogen functional groups attached to an aromatic ring is 1. The molecule has 1 aromatic rings. The summed E-state index contributed by atoms with van der Waals surface area (Å²) in [6.45, 7) is 1.38. The third-order valence-corrected chi connectivity index (χ3v) is 3.96. The van der Waals surface area contributed by atoms with E-state index in [4.69, 9.17) is 5.73 Å². The number of carbonyl (C=O) groups is 1. The predicted octanol–water partition coefficient (Wildman–Crippen LogP) is 0.163. The highest BCUT2D eigenvalue weighted by Crippen LogP contribution is 2.17. The van der Waals surface area contributed by atoms with Crippen LogP contribution in [-0.2, 0) is 14.8 Å². The number of likely N-dealkylation sites (N-methyl/N-ethyl adjacent to an activating group) is 1. The molecule has 0 aromatic heterocycles. The molecule has 1 unspecified atom stereocenters. The highest BCUT2D eigenvalue weighted by Gasteiger charge is 2.25. The van der Waals surface area contributed by atoms with Gasteiger partial charge in [-0.15, -0.1) is 0 Å². The third kappa shape index (κ3) is 3.65. The van der Waals surface area contributed by atoms with Crippen molar-refractivity contribution in [2.24, 2.45) is 0 Å². The highest BCUT2D eigenvalue weighted by atomic mass is 32.2. The van der Waals surface area contributed by atoms with Crippen LogP contribution in [0, 0.1) is 5.82 Å². The molecule has 0 fully saturated rings. The van der Waals surface area contributed by atoms with Crippen molar-refractivity contribution in [3.63, 3.8) is 0 Å². The smallest absolute Gasteiger partial charge is 0.244 e. The lowest BCUT2D eigenvalue weighted by atomic mass is 10.3. The zero-order valence-electron chi connectivity index (χ0n) is 10.8. The van der Waals surface area contributed by atoms with Crippen LogP contribution in [0.25, 0.3) is 0 Å². The van der Waals surface area contributed by atoms with Gasteiger partial charge in [0.05, 0.1) is 6.04 Å². The first-order chi connectivity index (χ1) is 8.65. The van der Waals surface area contributed by atoms with Gasteiger partial charge in [0, 0.05) is 19.8 Å². The van der Waals surface area contributed by atoms with Crippen LogP contribution < -0.4 is 10.5 Å². The van der Waals surface area contributed by atoms with E-state index < -0.39 is 32.7 Å². The van der Waals surface area contributed by atoms with Gasteiger partial charge in [0.2, 0.25) is 15.9 Å². The third-order valence-electron chi connectivity index (χ3n) is 2.39.